The minimum absolute atomic E-state index is 0.0333. The number of alkyl halides is 1. The smallest absolute Gasteiger partial charge is 0.170 e. The lowest BCUT2D eigenvalue weighted by Crippen LogP contribution is -2.39. The van der Waals surface area contributed by atoms with E-state index in [1.165, 1.54) is 24.0 Å². The Hall–Kier alpha value is -0.910. The molecule has 2 aromatic carbocycles. The molecular weight excluding hydrogens is 399 g/mol. The average Bonchev–Trinajstić information content (AvgIpc) is 3.22. The normalized spacial score (nSPS) is 25.0. The maximum atomic E-state index is 6.85. The first kappa shape index (κ1) is 15.6. The fraction of sp³-hybridized carbons (Fsp3) is 0.400. The Labute approximate surface area is 151 Å². The van der Waals surface area contributed by atoms with Gasteiger partial charge in [0.2, 0.25) is 0 Å². The summed E-state index contributed by atoms with van der Waals surface area (Å²) < 4.78 is 14.3. The minimum atomic E-state index is -0.506. The molecule has 1 spiro atoms. The van der Waals surface area contributed by atoms with Gasteiger partial charge in [0.1, 0.15) is 11.7 Å². The second kappa shape index (κ2) is 6.19. The highest BCUT2D eigenvalue weighted by Gasteiger charge is 2.58. The predicted octanol–water partition coefficient (Wildman–Crippen LogP) is 5.05. The lowest BCUT2D eigenvalue weighted by Gasteiger charge is -2.34. The van der Waals surface area contributed by atoms with Crippen LogP contribution < -0.4 is 0 Å². The number of halogens is 1. The minimum Gasteiger partial charge on any atom is -0.342 e. The molecule has 23 heavy (non-hydrogen) atoms. The van der Waals surface area contributed by atoms with Crippen LogP contribution in [0.2, 0.25) is 0 Å². The summed E-state index contributed by atoms with van der Waals surface area (Å²) in [4.78, 5) is 0. The zero-order valence-corrected chi connectivity index (χ0v) is 15.2. The Morgan fingerprint density at radius 3 is 1.87 bits per heavy atom. The molecule has 3 heteroatoms. The highest BCUT2D eigenvalue weighted by Crippen LogP contribution is 2.53. The molecule has 1 saturated carbocycles. The fourth-order valence-electron chi connectivity index (χ4n) is 4.03. The molecule has 1 saturated heterocycles. The Morgan fingerprint density at radius 2 is 1.39 bits per heavy atom. The average molecular weight is 420 g/mol. The SMILES string of the molecule is IC[C@@H]1OC2(CCCC2)OC1(c1ccccc1)c1ccccc1. The Kier molecular flexibility index (Phi) is 4.20. The van der Waals surface area contributed by atoms with Crippen molar-refractivity contribution < 1.29 is 9.47 Å². The van der Waals surface area contributed by atoms with Gasteiger partial charge in [-0.15, -0.1) is 0 Å². The van der Waals surface area contributed by atoms with Gasteiger partial charge in [0.25, 0.3) is 0 Å². The van der Waals surface area contributed by atoms with Gasteiger partial charge in [-0.25, -0.2) is 0 Å². The molecule has 0 unspecified atom stereocenters. The van der Waals surface area contributed by atoms with E-state index in [1.54, 1.807) is 0 Å². The van der Waals surface area contributed by atoms with Crippen LogP contribution in [0.3, 0.4) is 0 Å². The van der Waals surface area contributed by atoms with E-state index in [0.717, 1.165) is 17.3 Å². The van der Waals surface area contributed by atoms with Gasteiger partial charge in [0.15, 0.2) is 5.79 Å². The number of ether oxygens (including phenoxy) is 2. The molecule has 2 aromatic rings. The van der Waals surface area contributed by atoms with Crippen LogP contribution in [0, 0.1) is 0 Å². The molecule has 2 aliphatic rings. The zero-order chi connectivity index (χ0) is 15.8. The van der Waals surface area contributed by atoms with E-state index in [-0.39, 0.29) is 6.10 Å². The van der Waals surface area contributed by atoms with Gasteiger partial charge in [-0.3, -0.25) is 0 Å². The molecule has 1 heterocycles. The van der Waals surface area contributed by atoms with Crippen molar-refractivity contribution in [2.24, 2.45) is 0 Å². The van der Waals surface area contributed by atoms with Crippen molar-refractivity contribution in [3.8, 4) is 0 Å². The van der Waals surface area contributed by atoms with Crippen molar-refractivity contribution in [2.75, 3.05) is 4.43 Å². The number of benzene rings is 2. The molecule has 4 rings (SSSR count). The topological polar surface area (TPSA) is 18.5 Å². The molecule has 0 aromatic heterocycles. The summed E-state index contributed by atoms with van der Waals surface area (Å²) in [7, 11) is 0. The van der Waals surface area contributed by atoms with E-state index in [2.05, 4.69) is 83.3 Å². The van der Waals surface area contributed by atoms with Crippen LogP contribution in [0.15, 0.2) is 60.7 Å². The van der Waals surface area contributed by atoms with Gasteiger partial charge >= 0.3 is 0 Å². The summed E-state index contributed by atoms with van der Waals surface area (Å²) in [6.45, 7) is 0. The maximum Gasteiger partial charge on any atom is 0.170 e. The fourth-order valence-corrected chi connectivity index (χ4v) is 4.83. The standard InChI is InChI=1S/C20H21IO2/c21-15-18-20(16-9-3-1-4-10-16,17-11-5-2-6-12-17)23-19(22-18)13-7-8-14-19/h1-6,9-12,18H,7-8,13-15H2/t18-/m0/s1. The van der Waals surface area contributed by atoms with Crippen LogP contribution in [0.25, 0.3) is 0 Å². The van der Waals surface area contributed by atoms with E-state index < -0.39 is 11.4 Å². The van der Waals surface area contributed by atoms with E-state index >= 15 is 0 Å². The molecule has 0 bridgehead atoms. The molecule has 0 N–H and O–H groups in total. The predicted molar refractivity (Wildman–Crippen MR) is 99.7 cm³/mol. The number of hydrogen-bond acceptors (Lipinski definition) is 2. The van der Waals surface area contributed by atoms with Crippen LogP contribution in [0.5, 0.6) is 0 Å². The van der Waals surface area contributed by atoms with Crippen molar-refractivity contribution in [3.63, 3.8) is 0 Å². The van der Waals surface area contributed by atoms with Crippen molar-refractivity contribution in [3.05, 3.63) is 71.8 Å². The van der Waals surface area contributed by atoms with Crippen molar-refractivity contribution >= 4 is 22.6 Å². The second-order valence-electron chi connectivity index (χ2n) is 6.45. The van der Waals surface area contributed by atoms with Gasteiger partial charge < -0.3 is 9.47 Å². The zero-order valence-electron chi connectivity index (χ0n) is 13.1. The van der Waals surface area contributed by atoms with Gasteiger partial charge in [-0.1, -0.05) is 83.3 Å². The van der Waals surface area contributed by atoms with Crippen molar-refractivity contribution in [2.45, 2.75) is 43.2 Å². The van der Waals surface area contributed by atoms with Gasteiger partial charge in [0, 0.05) is 17.3 Å². The summed E-state index contributed by atoms with van der Waals surface area (Å²) >= 11 is 2.43. The summed E-state index contributed by atoms with van der Waals surface area (Å²) in [5.74, 6) is -0.401. The highest BCUT2D eigenvalue weighted by molar-refractivity contribution is 14.1. The van der Waals surface area contributed by atoms with E-state index in [9.17, 15) is 0 Å². The quantitative estimate of drug-likeness (QED) is 0.511. The second-order valence-corrected chi connectivity index (χ2v) is 7.33. The van der Waals surface area contributed by atoms with E-state index in [1.807, 2.05) is 0 Å². The van der Waals surface area contributed by atoms with Crippen LogP contribution in [-0.4, -0.2) is 16.3 Å². The third-order valence-corrected chi connectivity index (χ3v) is 5.87. The first-order chi connectivity index (χ1) is 11.3. The van der Waals surface area contributed by atoms with Crippen molar-refractivity contribution in [1.82, 2.24) is 0 Å². The molecular formula is C20H21IO2. The Bertz CT molecular complexity index is 610. The number of hydrogen-bond donors (Lipinski definition) is 0. The third kappa shape index (κ3) is 2.53. The molecule has 2 fully saturated rings. The van der Waals surface area contributed by atoms with Gasteiger partial charge in [0.05, 0.1) is 0 Å². The molecule has 0 radical (unpaired) electrons. The molecule has 1 aliphatic heterocycles. The number of rotatable bonds is 3. The molecule has 0 amide bonds. The first-order valence-corrected chi connectivity index (χ1v) is 9.87. The van der Waals surface area contributed by atoms with Crippen LogP contribution in [-0.2, 0) is 15.1 Å². The van der Waals surface area contributed by atoms with Crippen LogP contribution >= 0.6 is 22.6 Å². The highest BCUT2D eigenvalue weighted by atomic mass is 127. The van der Waals surface area contributed by atoms with Crippen molar-refractivity contribution in [1.29, 1.82) is 0 Å². The van der Waals surface area contributed by atoms with Gasteiger partial charge in [-0.2, -0.15) is 0 Å². The molecule has 1 aliphatic carbocycles. The Balaban J connectivity index is 1.89. The summed E-state index contributed by atoms with van der Waals surface area (Å²) in [6, 6.07) is 21.2. The monoisotopic (exact) mass is 420 g/mol. The lowest BCUT2D eigenvalue weighted by molar-refractivity contribution is -0.179. The Morgan fingerprint density at radius 1 is 0.870 bits per heavy atom. The summed E-state index contributed by atoms with van der Waals surface area (Å²) in [5.41, 5.74) is 1.88. The molecule has 120 valence electrons. The summed E-state index contributed by atoms with van der Waals surface area (Å²) in [5, 5.41) is 0. The third-order valence-electron chi connectivity index (χ3n) is 5.07. The van der Waals surface area contributed by atoms with Crippen LogP contribution in [0.1, 0.15) is 36.8 Å². The molecule has 2 nitrogen and oxygen atoms in total. The largest absolute Gasteiger partial charge is 0.342 e. The lowest BCUT2D eigenvalue weighted by atomic mass is 9.82. The summed E-state index contributed by atoms with van der Waals surface area (Å²) in [6.07, 6.45) is 4.41. The van der Waals surface area contributed by atoms with Crippen LogP contribution in [0.4, 0.5) is 0 Å². The maximum absolute atomic E-state index is 6.85. The molecule has 1 atom stereocenters. The van der Waals surface area contributed by atoms with E-state index in [4.69, 9.17) is 9.47 Å². The van der Waals surface area contributed by atoms with Gasteiger partial charge in [-0.05, 0) is 24.0 Å². The first-order valence-electron chi connectivity index (χ1n) is 8.34. The van der Waals surface area contributed by atoms with E-state index in [0.29, 0.717) is 0 Å².